The summed E-state index contributed by atoms with van der Waals surface area (Å²) in [5.74, 6) is 0.855. The minimum Gasteiger partial charge on any atom is -0.497 e. The Morgan fingerprint density at radius 3 is 2.63 bits per heavy atom. The molecule has 0 aliphatic heterocycles. The van der Waals surface area contributed by atoms with Crippen LogP contribution in [0.25, 0.3) is 20.8 Å². The summed E-state index contributed by atoms with van der Waals surface area (Å²) in [4.78, 5) is 5.94. The highest BCUT2D eigenvalue weighted by Crippen LogP contribution is 2.41. The van der Waals surface area contributed by atoms with Gasteiger partial charge in [0.1, 0.15) is 10.8 Å². The van der Waals surface area contributed by atoms with Crippen LogP contribution in [0.3, 0.4) is 0 Å². The van der Waals surface area contributed by atoms with Crippen LogP contribution in [0.5, 0.6) is 5.75 Å². The summed E-state index contributed by atoms with van der Waals surface area (Å²) in [6, 6.07) is 5.93. The Morgan fingerprint density at radius 2 is 2.00 bits per heavy atom. The molecule has 19 heavy (non-hydrogen) atoms. The molecule has 0 radical (unpaired) electrons. The monoisotopic (exact) mass is 290 g/mol. The topological polar surface area (TPSA) is 48.1 Å². The lowest BCUT2D eigenvalue weighted by Crippen LogP contribution is -1.85. The first kappa shape index (κ1) is 12.4. The molecule has 1 aromatic carbocycles. The molecular formula is C14H14N2OS2. The van der Waals surface area contributed by atoms with Crippen LogP contribution in [-0.4, -0.2) is 12.1 Å². The average Bonchev–Trinajstić information content (AvgIpc) is 2.90. The minimum absolute atomic E-state index is 0.848. The van der Waals surface area contributed by atoms with Gasteiger partial charge in [-0.1, -0.05) is 0 Å². The van der Waals surface area contributed by atoms with E-state index in [0.29, 0.717) is 0 Å². The molecule has 3 aromatic rings. The number of hydrogen-bond donors (Lipinski definition) is 1. The number of aromatic nitrogens is 1. The van der Waals surface area contributed by atoms with Gasteiger partial charge in [0.15, 0.2) is 0 Å². The lowest BCUT2D eigenvalue weighted by Gasteiger charge is -1.96. The Morgan fingerprint density at radius 1 is 1.21 bits per heavy atom. The summed E-state index contributed by atoms with van der Waals surface area (Å²) >= 11 is 3.29. The molecule has 98 valence electrons. The van der Waals surface area contributed by atoms with Gasteiger partial charge >= 0.3 is 0 Å². The maximum Gasteiger partial charge on any atom is 0.127 e. The maximum atomic E-state index is 6.11. The Balaban J connectivity index is 2.20. The second-order valence-corrected chi connectivity index (χ2v) is 6.66. The zero-order valence-electron chi connectivity index (χ0n) is 11.0. The Kier molecular flexibility index (Phi) is 2.95. The van der Waals surface area contributed by atoms with E-state index in [4.69, 9.17) is 10.5 Å². The van der Waals surface area contributed by atoms with E-state index in [1.54, 1.807) is 29.8 Å². The smallest absolute Gasteiger partial charge is 0.127 e. The highest BCUT2D eigenvalue weighted by Gasteiger charge is 2.16. The third kappa shape index (κ3) is 1.99. The fourth-order valence-corrected chi connectivity index (χ4v) is 4.17. The van der Waals surface area contributed by atoms with Gasteiger partial charge in [-0.2, -0.15) is 0 Å². The predicted molar refractivity (Wildman–Crippen MR) is 83.4 cm³/mol. The predicted octanol–water partition coefficient (Wildman–Crippen LogP) is 4.23. The van der Waals surface area contributed by atoms with Crippen molar-refractivity contribution < 1.29 is 4.74 Å². The average molecular weight is 290 g/mol. The second kappa shape index (κ2) is 4.51. The van der Waals surface area contributed by atoms with Crippen molar-refractivity contribution in [3.63, 3.8) is 0 Å². The van der Waals surface area contributed by atoms with Gasteiger partial charge in [0.25, 0.3) is 0 Å². The van der Waals surface area contributed by atoms with Crippen molar-refractivity contribution in [2.24, 2.45) is 0 Å². The van der Waals surface area contributed by atoms with Gasteiger partial charge in [-0.25, -0.2) is 4.98 Å². The number of nitrogens with zero attached hydrogens (tertiary/aromatic N) is 1. The van der Waals surface area contributed by atoms with E-state index >= 15 is 0 Å². The summed E-state index contributed by atoms with van der Waals surface area (Å²) in [6.45, 7) is 4.19. The van der Waals surface area contributed by atoms with Crippen LogP contribution in [-0.2, 0) is 0 Å². The normalized spacial score (nSPS) is 11.1. The van der Waals surface area contributed by atoms with Gasteiger partial charge in [0.2, 0.25) is 0 Å². The summed E-state index contributed by atoms with van der Waals surface area (Å²) in [5.41, 5.74) is 9.42. The van der Waals surface area contributed by atoms with E-state index in [2.05, 4.69) is 18.8 Å². The van der Waals surface area contributed by atoms with E-state index < -0.39 is 0 Å². The van der Waals surface area contributed by atoms with Crippen molar-refractivity contribution in [1.29, 1.82) is 0 Å². The highest BCUT2D eigenvalue weighted by molar-refractivity contribution is 7.22. The fraction of sp³-hybridized carbons (Fsp3) is 0.214. The molecule has 3 rings (SSSR count). The molecular weight excluding hydrogens is 276 g/mol. The number of benzene rings is 1. The van der Waals surface area contributed by atoms with E-state index in [9.17, 15) is 0 Å². The molecule has 0 spiro atoms. The lowest BCUT2D eigenvalue weighted by molar-refractivity contribution is 0.415. The van der Waals surface area contributed by atoms with Crippen molar-refractivity contribution in [3.8, 4) is 16.3 Å². The number of thiophene rings is 1. The molecule has 0 saturated carbocycles. The van der Waals surface area contributed by atoms with E-state index in [1.807, 2.05) is 18.2 Å². The van der Waals surface area contributed by atoms with Crippen LogP contribution < -0.4 is 10.5 Å². The van der Waals surface area contributed by atoms with Crippen LogP contribution >= 0.6 is 22.7 Å². The molecule has 0 amide bonds. The quantitative estimate of drug-likeness (QED) is 0.768. The molecule has 0 atom stereocenters. The fourth-order valence-electron chi connectivity index (χ4n) is 2.06. The van der Waals surface area contributed by atoms with Gasteiger partial charge in [-0.05, 0) is 37.6 Å². The molecule has 0 aliphatic carbocycles. The van der Waals surface area contributed by atoms with Crippen LogP contribution in [0.1, 0.15) is 10.4 Å². The molecule has 2 heterocycles. The maximum absolute atomic E-state index is 6.11. The SMILES string of the molecule is COc1ccc2nc(-c3c(N)sc(C)c3C)sc2c1. The number of thiazole rings is 1. The molecule has 0 aliphatic rings. The number of fused-ring (bicyclic) bond motifs is 1. The van der Waals surface area contributed by atoms with Gasteiger partial charge < -0.3 is 10.5 Å². The van der Waals surface area contributed by atoms with Gasteiger partial charge in [-0.3, -0.25) is 0 Å². The molecule has 2 aromatic heterocycles. The molecule has 0 fully saturated rings. The van der Waals surface area contributed by atoms with Gasteiger partial charge in [0.05, 0.1) is 22.3 Å². The Hall–Kier alpha value is -1.59. The minimum atomic E-state index is 0.848. The standard InChI is InChI=1S/C14H14N2OS2/c1-7-8(2)18-13(15)12(7)14-16-10-5-4-9(17-3)6-11(10)19-14/h4-6H,15H2,1-3H3. The zero-order valence-corrected chi connectivity index (χ0v) is 12.6. The van der Waals surface area contributed by atoms with Crippen LogP contribution in [0, 0.1) is 13.8 Å². The van der Waals surface area contributed by atoms with Crippen molar-refractivity contribution in [2.45, 2.75) is 13.8 Å². The largest absolute Gasteiger partial charge is 0.497 e. The van der Waals surface area contributed by atoms with Gasteiger partial charge in [-0.15, -0.1) is 22.7 Å². The number of hydrogen-bond acceptors (Lipinski definition) is 5. The number of methoxy groups -OCH3 is 1. The van der Waals surface area contributed by atoms with E-state index in [-0.39, 0.29) is 0 Å². The summed E-state index contributed by atoms with van der Waals surface area (Å²) in [6.07, 6.45) is 0. The van der Waals surface area contributed by atoms with Crippen molar-refractivity contribution in [2.75, 3.05) is 12.8 Å². The first-order chi connectivity index (χ1) is 9.10. The molecule has 5 heteroatoms. The number of aryl methyl sites for hydroxylation is 1. The van der Waals surface area contributed by atoms with Crippen molar-refractivity contribution in [3.05, 3.63) is 28.6 Å². The van der Waals surface area contributed by atoms with Crippen LogP contribution in [0.15, 0.2) is 18.2 Å². The molecule has 0 saturated heterocycles. The number of anilines is 1. The first-order valence-corrected chi connectivity index (χ1v) is 7.54. The van der Waals surface area contributed by atoms with Crippen molar-refractivity contribution >= 4 is 37.9 Å². The number of ether oxygens (including phenoxy) is 1. The third-order valence-corrected chi connectivity index (χ3v) is 5.29. The molecule has 0 bridgehead atoms. The summed E-state index contributed by atoms with van der Waals surface area (Å²) in [5, 5.41) is 1.84. The highest BCUT2D eigenvalue weighted by atomic mass is 32.1. The number of nitrogen functional groups attached to an aromatic ring is 1. The molecule has 3 nitrogen and oxygen atoms in total. The zero-order chi connectivity index (χ0) is 13.6. The van der Waals surface area contributed by atoms with Crippen LogP contribution in [0.4, 0.5) is 5.00 Å². The van der Waals surface area contributed by atoms with E-state index in [1.165, 1.54) is 10.4 Å². The lowest BCUT2D eigenvalue weighted by atomic mass is 10.2. The number of nitrogens with two attached hydrogens (primary N) is 1. The molecule has 2 N–H and O–H groups in total. The molecule has 0 unspecified atom stereocenters. The Labute approximate surface area is 119 Å². The van der Waals surface area contributed by atoms with Gasteiger partial charge in [0, 0.05) is 10.4 Å². The van der Waals surface area contributed by atoms with Crippen molar-refractivity contribution in [1.82, 2.24) is 4.98 Å². The van der Waals surface area contributed by atoms with E-state index in [0.717, 1.165) is 31.5 Å². The Bertz CT molecular complexity index is 758. The first-order valence-electron chi connectivity index (χ1n) is 5.90. The summed E-state index contributed by atoms with van der Waals surface area (Å²) in [7, 11) is 1.67. The second-order valence-electron chi connectivity index (χ2n) is 4.38. The summed E-state index contributed by atoms with van der Waals surface area (Å²) < 4.78 is 6.37. The third-order valence-electron chi connectivity index (χ3n) is 3.22. The number of rotatable bonds is 2. The van der Waals surface area contributed by atoms with Crippen LogP contribution in [0.2, 0.25) is 0 Å².